The normalized spacial score (nSPS) is 22.8. The van der Waals surface area contributed by atoms with Gasteiger partial charge in [-0.15, -0.1) is 0 Å². The van der Waals surface area contributed by atoms with Crippen LogP contribution in [0, 0.1) is 13.8 Å². The third kappa shape index (κ3) is 2.46. The van der Waals surface area contributed by atoms with Gasteiger partial charge in [0.25, 0.3) is 0 Å². The van der Waals surface area contributed by atoms with Gasteiger partial charge in [-0.25, -0.2) is 0 Å². The standard InChI is InChI=1S/C12H17N3O4/c1-7-9(8(2)19-14-7)5-10(16)15-4-3-12(13,6-15)11(17)18/h3-6,13H2,1-2H3,(H,17,18). The lowest BCUT2D eigenvalue weighted by Gasteiger charge is -2.20. The summed E-state index contributed by atoms with van der Waals surface area (Å²) in [6, 6.07) is 0. The SMILES string of the molecule is Cc1noc(C)c1CC(=O)N1CCC(N)(C(=O)O)C1. The summed E-state index contributed by atoms with van der Waals surface area (Å²) in [6.07, 6.45) is 0.437. The molecule has 0 radical (unpaired) electrons. The van der Waals surface area contributed by atoms with Gasteiger partial charge in [0, 0.05) is 18.7 Å². The van der Waals surface area contributed by atoms with Gasteiger partial charge in [-0.3, -0.25) is 9.59 Å². The van der Waals surface area contributed by atoms with Crippen molar-refractivity contribution in [1.29, 1.82) is 0 Å². The second-order valence-corrected chi connectivity index (χ2v) is 5.01. The van der Waals surface area contributed by atoms with Crippen molar-refractivity contribution in [2.24, 2.45) is 5.73 Å². The Kier molecular flexibility index (Phi) is 3.32. The maximum absolute atomic E-state index is 12.1. The highest BCUT2D eigenvalue weighted by Gasteiger charge is 2.42. The zero-order valence-electron chi connectivity index (χ0n) is 11.0. The molecular weight excluding hydrogens is 250 g/mol. The first-order valence-electron chi connectivity index (χ1n) is 6.05. The van der Waals surface area contributed by atoms with Crippen molar-refractivity contribution in [3.63, 3.8) is 0 Å². The molecule has 1 fully saturated rings. The molecule has 1 saturated heterocycles. The van der Waals surface area contributed by atoms with Crippen LogP contribution >= 0.6 is 0 Å². The number of carbonyl (C=O) groups excluding carboxylic acids is 1. The molecule has 1 aromatic heterocycles. The number of carbonyl (C=O) groups is 2. The summed E-state index contributed by atoms with van der Waals surface area (Å²) in [5.74, 6) is -0.606. The maximum Gasteiger partial charge on any atom is 0.325 e. The number of hydrogen-bond acceptors (Lipinski definition) is 5. The first kappa shape index (κ1) is 13.5. The molecule has 7 heteroatoms. The van der Waals surface area contributed by atoms with Crippen LogP contribution in [0.5, 0.6) is 0 Å². The van der Waals surface area contributed by atoms with Crippen molar-refractivity contribution >= 4 is 11.9 Å². The van der Waals surface area contributed by atoms with E-state index < -0.39 is 11.5 Å². The van der Waals surface area contributed by atoms with Crippen LogP contribution in [-0.2, 0) is 16.0 Å². The molecule has 104 valence electrons. The van der Waals surface area contributed by atoms with Crippen molar-refractivity contribution in [2.75, 3.05) is 13.1 Å². The average Bonchev–Trinajstić information content (AvgIpc) is 2.88. The third-order valence-corrected chi connectivity index (χ3v) is 3.59. The Labute approximate surface area is 110 Å². The first-order chi connectivity index (χ1) is 8.83. The van der Waals surface area contributed by atoms with E-state index >= 15 is 0 Å². The number of carboxylic acids is 1. The van der Waals surface area contributed by atoms with Gasteiger partial charge in [0.15, 0.2) is 0 Å². The zero-order valence-corrected chi connectivity index (χ0v) is 11.0. The number of aliphatic carboxylic acids is 1. The fourth-order valence-electron chi connectivity index (χ4n) is 2.24. The van der Waals surface area contributed by atoms with E-state index in [0.29, 0.717) is 18.0 Å². The van der Waals surface area contributed by atoms with Crippen LogP contribution < -0.4 is 5.73 Å². The predicted molar refractivity (Wildman–Crippen MR) is 65.4 cm³/mol. The van der Waals surface area contributed by atoms with Crippen molar-refractivity contribution in [3.8, 4) is 0 Å². The molecule has 1 unspecified atom stereocenters. The molecule has 7 nitrogen and oxygen atoms in total. The zero-order chi connectivity index (χ0) is 14.2. The maximum atomic E-state index is 12.1. The molecule has 0 saturated carbocycles. The van der Waals surface area contributed by atoms with E-state index in [-0.39, 0.29) is 25.3 Å². The monoisotopic (exact) mass is 267 g/mol. The Balaban J connectivity index is 2.05. The highest BCUT2D eigenvalue weighted by Crippen LogP contribution is 2.21. The molecule has 19 heavy (non-hydrogen) atoms. The number of hydrogen-bond donors (Lipinski definition) is 2. The van der Waals surface area contributed by atoms with Crippen LogP contribution in [-0.4, -0.2) is 45.7 Å². The molecule has 1 aromatic rings. The first-order valence-corrected chi connectivity index (χ1v) is 6.05. The van der Waals surface area contributed by atoms with Crippen molar-refractivity contribution < 1.29 is 19.2 Å². The quantitative estimate of drug-likeness (QED) is 0.788. The van der Waals surface area contributed by atoms with Gasteiger partial charge in [-0.2, -0.15) is 0 Å². The van der Waals surface area contributed by atoms with Crippen LogP contribution in [0.1, 0.15) is 23.4 Å². The minimum Gasteiger partial charge on any atom is -0.480 e. The fourth-order valence-corrected chi connectivity index (χ4v) is 2.24. The summed E-state index contributed by atoms with van der Waals surface area (Å²) in [6.45, 7) is 3.93. The lowest BCUT2D eigenvalue weighted by Crippen LogP contribution is -2.50. The summed E-state index contributed by atoms with van der Waals surface area (Å²) in [5, 5.41) is 12.8. The number of aryl methyl sites for hydroxylation is 2. The van der Waals surface area contributed by atoms with E-state index in [4.69, 9.17) is 15.4 Å². The second kappa shape index (κ2) is 4.65. The highest BCUT2D eigenvalue weighted by atomic mass is 16.5. The topological polar surface area (TPSA) is 110 Å². The van der Waals surface area contributed by atoms with E-state index in [1.807, 2.05) is 0 Å². The van der Waals surface area contributed by atoms with E-state index in [0.717, 1.165) is 5.56 Å². The lowest BCUT2D eigenvalue weighted by molar-refractivity contribution is -0.143. The number of likely N-dealkylation sites (tertiary alicyclic amines) is 1. The minimum atomic E-state index is -1.33. The van der Waals surface area contributed by atoms with E-state index in [9.17, 15) is 9.59 Å². The summed E-state index contributed by atoms with van der Waals surface area (Å²) in [5.41, 5.74) is 5.86. The van der Waals surface area contributed by atoms with Crippen molar-refractivity contribution in [2.45, 2.75) is 32.2 Å². The smallest absolute Gasteiger partial charge is 0.325 e. The molecule has 2 rings (SSSR count). The van der Waals surface area contributed by atoms with Gasteiger partial charge >= 0.3 is 5.97 Å². The molecular formula is C12H17N3O4. The molecule has 1 atom stereocenters. The Morgan fingerprint density at radius 3 is 2.68 bits per heavy atom. The summed E-state index contributed by atoms with van der Waals surface area (Å²) < 4.78 is 5.00. The number of nitrogens with zero attached hydrogens (tertiary/aromatic N) is 2. The summed E-state index contributed by atoms with van der Waals surface area (Å²) in [7, 11) is 0. The molecule has 3 N–H and O–H groups in total. The van der Waals surface area contributed by atoms with Crippen LogP contribution in [0.3, 0.4) is 0 Å². The molecule has 0 aliphatic carbocycles. The van der Waals surface area contributed by atoms with Crippen LogP contribution in [0.25, 0.3) is 0 Å². The summed E-state index contributed by atoms with van der Waals surface area (Å²) in [4.78, 5) is 24.7. The number of amides is 1. The van der Waals surface area contributed by atoms with Gasteiger partial charge in [0.05, 0.1) is 12.1 Å². The molecule has 2 heterocycles. The fraction of sp³-hybridized carbons (Fsp3) is 0.583. The number of carboxylic acid groups (broad SMARTS) is 1. The Morgan fingerprint density at radius 1 is 1.53 bits per heavy atom. The number of nitrogens with two attached hydrogens (primary N) is 1. The third-order valence-electron chi connectivity index (χ3n) is 3.59. The van der Waals surface area contributed by atoms with Gasteiger partial charge < -0.3 is 20.3 Å². The Hall–Kier alpha value is -1.89. The van der Waals surface area contributed by atoms with Crippen LogP contribution in [0.15, 0.2) is 4.52 Å². The minimum absolute atomic E-state index is 0.0462. The van der Waals surface area contributed by atoms with Gasteiger partial charge in [-0.1, -0.05) is 5.16 Å². The molecule has 0 spiro atoms. The van der Waals surface area contributed by atoms with Crippen molar-refractivity contribution in [1.82, 2.24) is 10.1 Å². The number of aromatic nitrogens is 1. The Morgan fingerprint density at radius 2 is 2.21 bits per heavy atom. The largest absolute Gasteiger partial charge is 0.480 e. The highest BCUT2D eigenvalue weighted by molar-refractivity contribution is 5.84. The summed E-state index contributed by atoms with van der Waals surface area (Å²) >= 11 is 0. The lowest BCUT2D eigenvalue weighted by atomic mass is 10.0. The van der Waals surface area contributed by atoms with Gasteiger partial charge in [-0.05, 0) is 20.3 Å². The van der Waals surface area contributed by atoms with E-state index in [2.05, 4.69) is 5.16 Å². The van der Waals surface area contributed by atoms with Gasteiger partial charge in [0.1, 0.15) is 11.3 Å². The average molecular weight is 267 g/mol. The van der Waals surface area contributed by atoms with Crippen molar-refractivity contribution in [3.05, 3.63) is 17.0 Å². The predicted octanol–water partition coefficient (Wildman–Crippen LogP) is -0.152. The molecule has 1 aliphatic heterocycles. The molecule has 0 aromatic carbocycles. The van der Waals surface area contributed by atoms with E-state index in [1.165, 1.54) is 4.90 Å². The van der Waals surface area contributed by atoms with Gasteiger partial charge in [0.2, 0.25) is 5.91 Å². The van der Waals surface area contributed by atoms with Crippen LogP contribution in [0.4, 0.5) is 0 Å². The molecule has 1 amide bonds. The van der Waals surface area contributed by atoms with Crippen LogP contribution in [0.2, 0.25) is 0 Å². The second-order valence-electron chi connectivity index (χ2n) is 5.01. The van der Waals surface area contributed by atoms with E-state index in [1.54, 1.807) is 13.8 Å². The number of rotatable bonds is 3. The molecule has 0 bridgehead atoms. The molecule has 1 aliphatic rings. The Bertz CT molecular complexity index is 506.